The monoisotopic (exact) mass is 439 g/mol. The lowest BCUT2D eigenvalue weighted by molar-refractivity contribution is -0.149. The average molecular weight is 440 g/mol. The van der Waals surface area contributed by atoms with Crippen molar-refractivity contribution in [2.75, 3.05) is 12.0 Å². The van der Waals surface area contributed by atoms with E-state index in [0.717, 1.165) is 19.3 Å². The van der Waals surface area contributed by atoms with Crippen LogP contribution in [0.25, 0.3) is 0 Å². The van der Waals surface area contributed by atoms with E-state index in [9.17, 15) is 9.59 Å². The largest absolute Gasteiger partial charge is 0.497 e. The summed E-state index contributed by atoms with van der Waals surface area (Å²) in [5.41, 5.74) is 0.672. The van der Waals surface area contributed by atoms with Crippen molar-refractivity contribution < 1.29 is 23.5 Å². The summed E-state index contributed by atoms with van der Waals surface area (Å²) in [5, 5.41) is 0. The van der Waals surface area contributed by atoms with Gasteiger partial charge in [-0.15, -0.1) is 0 Å². The van der Waals surface area contributed by atoms with Gasteiger partial charge in [-0.25, -0.2) is 4.79 Å². The molecule has 32 heavy (non-hydrogen) atoms. The van der Waals surface area contributed by atoms with Crippen molar-refractivity contribution in [2.24, 2.45) is 17.8 Å². The molecular formula is C26H33NO5. The Hall–Kier alpha value is -3.02. The minimum absolute atomic E-state index is 0.105. The van der Waals surface area contributed by atoms with Gasteiger partial charge in [0, 0.05) is 17.8 Å². The van der Waals surface area contributed by atoms with E-state index in [1.807, 2.05) is 0 Å². The molecule has 1 saturated carbocycles. The van der Waals surface area contributed by atoms with Gasteiger partial charge in [0.2, 0.25) is 0 Å². The van der Waals surface area contributed by atoms with Crippen LogP contribution in [0, 0.1) is 17.8 Å². The number of amides is 1. The van der Waals surface area contributed by atoms with Crippen LogP contribution in [0.4, 0.5) is 5.69 Å². The van der Waals surface area contributed by atoms with Crippen LogP contribution in [-0.2, 0) is 20.9 Å². The van der Waals surface area contributed by atoms with E-state index in [4.69, 9.17) is 13.9 Å². The molecule has 1 fully saturated rings. The molecule has 6 heteroatoms. The number of esters is 1. The minimum atomic E-state index is -0.476. The van der Waals surface area contributed by atoms with Gasteiger partial charge >= 0.3 is 5.97 Å². The maximum atomic E-state index is 13.0. The molecule has 0 radical (unpaired) electrons. The molecule has 0 spiro atoms. The number of nitrogens with zero attached hydrogens (tertiary/aromatic N) is 1. The predicted molar refractivity (Wildman–Crippen MR) is 123 cm³/mol. The Balaban J connectivity index is 1.70. The summed E-state index contributed by atoms with van der Waals surface area (Å²) in [4.78, 5) is 27.1. The third-order valence-electron chi connectivity index (χ3n) is 6.14. The number of methoxy groups -OCH3 is 1. The molecule has 172 valence electrons. The topological polar surface area (TPSA) is 69.0 Å². The van der Waals surface area contributed by atoms with Crippen molar-refractivity contribution >= 4 is 17.6 Å². The number of rotatable bonds is 8. The molecule has 0 N–H and O–H groups in total. The molecule has 3 atom stereocenters. The molecule has 0 aliphatic heterocycles. The molecule has 0 saturated heterocycles. The molecule has 1 aromatic carbocycles. The van der Waals surface area contributed by atoms with Gasteiger partial charge in [0.05, 0.1) is 19.9 Å². The Bertz CT molecular complexity index is 901. The zero-order valence-electron chi connectivity index (χ0n) is 19.3. The number of carbonyl (C=O) groups is 2. The predicted octanol–water partition coefficient (Wildman–Crippen LogP) is 5.38. The summed E-state index contributed by atoms with van der Waals surface area (Å²) in [6, 6.07) is 10.7. The summed E-state index contributed by atoms with van der Waals surface area (Å²) in [7, 11) is 1.59. The normalized spacial score (nSPS) is 21.0. The van der Waals surface area contributed by atoms with Crippen molar-refractivity contribution in [1.82, 2.24) is 0 Å². The Morgan fingerprint density at radius 2 is 1.91 bits per heavy atom. The van der Waals surface area contributed by atoms with Gasteiger partial charge in [0.1, 0.15) is 17.6 Å². The second kappa shape index (κ2) is 11.0. The van der Waals surface area contributed by atoms with Crippen LogP contribution in [0.1, 0.15) is 45.8 Å². The first-order valence-corrected chi connectivity index (χ1v) is 11.2. The summed E-state index contributed by atoms with van der Waals surface area (Å²) < 4.78 is 16.4. The summed E-state index contributed by atoms with van der Waals surface area (Å²) in [6.45, 7) is 6.77. The smallest absolute Gasteiger partial charge is 0.331 e. The molecule has 2 aromatic rings. The van der Waals surface area contributed by atoms with Crippen LogP contribution in [0.3, 0.4) is 0 Å². The molecule has 3 rings (SSSR count). The molecule has 1 amide bonds. The third-order valence-corrected chi connectivity index (χ3v) is 6.14. The maximum absolute atomic E-state index is 13.0. The van der Waals surface area contributed by atoms with Crippen LogP contribution in [0.2, 0.25) is 0 Å². The fraction of sp³-hybridized carbons (Fsp3) is 0.462. The Morgan fingerprint density at radius 3 is 2.53 bits per heavy atom. The van der Waals surface area contributed by atoms with Gasteiger partial charge in [0.25, 0.3) is 5.91 Å². The fourth-order valence-electron chi connectivity index (χ4n) is 4.28. The van der Waals surface area contributed by atoms with Gasteiger partial charge in [-0.3, -0.25) is 4.79 Å². The van der Waals surface area contributed by atoms with Crippen LogP contribution in [0.5, 0.6) is 5.75 Å². The molecule has 1 aliphatic carbocycles. The molecule has 0 unspecified atom stereocenters. The number of benzene rings is 1. The summed E-state index contributed by atoms with van der Waals surface area (Å²) in [6.07, 6.45) is 7.06. The van der Waals surface area contributed by atoms with E-state index in [2.05, 4.69) is 20.8 Å². The van der Waals surface area contributed by atoms with E-state index in [1.165, 1.54) is 12.2 Å². The highest BCUT2D eigenvalue weighted by molar-refractivity contribution is 6.04. The van der Waals surface area contributed by atoms with Gasteiger partial charge in [-0.1, -0.05) is 27.2 Å². The van der Waals surface area contributed by atoms with Crippen molar-refractivity contribution in [2.45, 2.75) is 52.7 Å². The highest BCUT2D eigenvalue weighted by atomic mass is 16.5. The van der Waals surface area contributed by atoms with Crippen molar-refractivity contribution in [3.8, 4) is 5.75 Å². The van der Waals surface area contributed by atoms with E-state index in [0.29, 0.717) is 35.0 Å². The van der Waals surface area contributed by atoms with E-state index < -0.39 is 5.97 Å². The first-order valence-electron chi connectivity index (χ1n) is 11.2. The van der Waals surface area contributed by atoms with Gasteiger partial charge in [-0.05, 0) is 67.0 Å². The molecule has 1 heterocycles. The first-order chi connectivity index (χ1) is 15.4. The zero-order valence-corrected chi connectivity index (χ0v) is 19.3. The molecular weight excluding hydrogens is 406 g/mol. The lowest BCUT2D eigenvalue weighted by Crippen LogP contribution is -2.35. The van der Waals surface area contributed by atoms with Gasteiger partial charge in [0.15, 0.2) is 0 Å². The maximum Gasteiger partial charge on any atom is 0.331 e. The average Bonchev–Trinajstić information content (AvgIpc) is 3.29. The molecule has 0 bridgehead atoms. The standard InChI is InChI=1S/C26H33NO5/c1-18(2)23-12-7-19(3)16-24(23)32-26(29)14-13-25(28)27(17-22-6-5-15-31-22)20-8-10-21(30-4)11-9-20/h5-6,8-11,13-15,18-19,23-24H,7,12,16-17H2,1-4H3/b14-13+/t19-,23+,24-/m1/s1. The van der Waals surface area contributed by atoms with Crippen LogP contribution >= 0.6 is 0 Å². The van der Waals surface area contributed by atoms with E-state index in [1.54, 1.807) is 54.7 Å². The Kier molecular flexibility index (Phi) is 8.14. The second-order valence-electron chi connectivity index (χ2n) is 8.84. The van der Waals surface area contributed by atoms with Crippen molar-refractivity contribution in [3.63, 3.8) is 0 Å². The van der Waals surface area contributed by atoms with Crippen LogP contribution in [-0.4, -0.2) is 25.1 Å². The summed E-state index contributed by atoms with van der Waals surface area (Å²) >= 11 is 0. The molecule has 1 aromatic heterocycles. The number of ether oxygens (including phenoxy) is 2. The molecule has 6 nitrogen and oxygen atoms in total. The van der Waals surface area contributed by atoms with E-state index >= 15 is 0 Å². The fourth-order valence-corrected chi connectivity index (χ4v) is 4.28. The number of hydrogen-bond acceptors (Lipinski definition) is 5. The van der Waals surface area contributed by atoms with Crippen LogP contribution in [0.15, 0.2) is 59.2 Å². The zero-order chi connectivity index (χ0) is 23.1. The summed E-state index contributed by atoms with van der Waals surface area (Å²) in [5.74, 6) is 1.86. The first kappa shape index (κ1) is 23.6. The third kappa shape index (κ3) is 6.25. The SMILES string of the molecule is COc1ccc(N(Cc2ccco2)C(=O)/C=C/C(=O)O[C@@H]2C[C@H](C)CC[C@H]2C(C)C)cc1. The number of anilines is 1. The van der Waals surface area contributed by atoms with Gasteiger partial charge in [-0.2, -0.15) is 0 Å². The Labute approximate surface area is 190 Å². The van der Waals surface area contributed by atoms with Crippen molar-refractivity contribution in [1.29, 1.82) is 0 Å². The second-order valence-corrected chi connectivity index (χ2v) is 8.84. The minimum Gasteiger partial charge on any atom is -0.497 e. The lowest BCUT2D eigenvalue weighted by Gasteiger charge is -2.36. The Morgan fingerprint density at radius 1 is 1.16 bits per heavy atom. The van der Waals surface area contributed by atoms with E-state index in [-0.39, 0.29) is 18.6 Å². The number of carbonyl (C=O) groups excluding carboxylic acids is 2. The highest BCUT2D eigenvalue weighted by Gasteiger charge is 2.33. The van der Waals surface area contributed by atoms with Crippen LogP contribution < -0.4 is 9.64 Å². The highest BCUT2D eigenvalue weighted by Crippen LogP contribution is 2.35. The number of hydrogen-bond donors (Lipinski definition) is 0. The van der Waals surface area contributed by atoms with Crippen molar-refractivity contribution in [3.05, 3.63) is 60.6 Å². The lowest BCUT2D eigenvalue weighted by atomic mass is 9.75. The molecule has 1 aliphatic rings. The quantitative estimate of drug-likeness (QED) is 0.408. The van der Waals surface area contributed by atoms with Gasteiger partial charge < -0.3 is 18.8 Å². The number of furan rings is 1.